The molecule has 0 spiro atoms. The molecular formula is C21H18O10S. The van der Waals surface area contributed by atoms with Gasteiger partial charge >= 0.3 is 0 Å². The third-order valence-electron chi connectivity index (χ3n) is 6.09. The van der Waals surface area contributed by atoms with Crippen molar-refractivity contribution in [3.05, 3.63) is 51.6 Å². The molecule has 168 valence electrons. The van der Waals surface area contributed by atoms with Crippen molar-refractivity contribution in [1.29, 1.82) is 0 Å². The third kappa shape index (κ3) is 2.85. The van der Waals surface area contributed by atoms with Crippen LogP contribution in [0.3, 0.4) is 0 Å². The summed E-state index contributed by atoms with van der Waals surface area (Å²) in [5.41, 5.74) is -4.79. The zero-order valence-electron chi connectivity index (χ0n) is 16.9. The molecule has 2 aliphatic rings. The van der Waals surface area contributed by atoms with E-state index in [0.717, 1.165) is 6.92 Å². The molecule has 0 heterocycles. The summed E-state index contributed by atoms with van der Waals surface area (Å²) in [6.07, 6.45) is -1.45. The summed E-state index contributed by atoms with van der Waals surface area (Å²) >= 11 is 0. The van der Waals surface area contributed by atoms with E-state index in [1.807, 2.05) is 0 Å². The Hall–Kier alpha value is -3.28. The quantitative estimate of drug-likeness (QED) is 0.325. The van der Waals surface area contributed by atoms with Gasteiger partial charge in [0.1, 0.15) is 28.1 Å². The first-order valence-corrected chi connectivity index (χ1v) is 10.9. The number of hydrogen-bond acceptors (Lipinski definition) is 9. The molecule has 11 heteroatoms. The first kappa shape index (κ1) is 21.9. The molecule has 2 aliphatic carbocycles. The van der Waals surface area contributed by atoms with E-state index >= 15 is 0 Å². The Morgan fingerprint density at radius 2 is 1.72 bits per heavy atom. The number of Topliss-reactive ketones (excluding diaryl/α,β-unsaturated/α-hetero) is 1. The lowest BCUT2D eigenvalue weighted by molar-refractivity contribution is -0.136. The summed E-state index contributed by atoms with van der Waals surface area (Å²) in [5.74, 6) is -4.34. The molecule has 0 saturated carbocycles. The molecule has 4 N–H and O–H groups in total. The van der Waals surface area contributed by atoms with E-state index in [2.05, 4.69) is 0 Å². The third-order valence-corrected chi connectivity index (χ3v) is 7.21. The minimum absolute atomic E-state index is 0.0281. The van der Waals surface area contributed by atoms with Crippen LogP contribution in [0.4, 0.5) is 0 Å². The van der Waals surface area contributed by atoms with E-state index in [1.165, 1.54) is 25.3 Å². The normalized spacial score (nSPS) is 22.1. The van der Waals surface area contributed by atoms with Crippen molar-refractivity contribution < 1.29 is 47.4 Å². The van der Waals surface area contributed by atoms with Crippen LogP contribution in [0.5, 0.6) is 17.2 Å². The molecule has 2 atom stereocenters. The fourth-order valence-electron chi connectivity index (χ4n) is 4.44. The first-order valence-electron chi connectivity index (χ1n) is 9.40. The van der Waals surface area contributed by atoms with Gasteiger partial charge in [-0.25, -0.2) is 0 Å². The average molecular weight is 462 g/mol. The Morgan fingerprint density at radius 1 is 1.09 bits per heavy atom. The number of ether oxygens (including phenoxy) is 1. The molecule has 0 fully saturated rings. The molecule has 10 nitrogen and oxygen atoms in total. The Balaban J connectivity index is 2.11. The molecule has 0 radical (unpaired) electrons. The van der Waals surface area contributed by atoms with E-state index in [-0.39, 0.29) is 16.9 Å². The Labute approximate surface area is 181 Å². The fourth-order valence-corrected chi connectivity index (χ4v) is 5.48. The number of rotatable bonds is 3. The predicted octanol–water partition coefficient (Wildman–Crippen LogP) is 1.08. The minimum atomic E-state index is -5.02. The van der Waals surface area contributed by atoms with E-state index in [4.69, 9.17) is 4.74 Å². The number of methoxy groups -OCH3 is 1. The van der Waals surface area contributed by atoms with E-state index in [0.29, 0.717) is 0 Å². The van der Waals surface area contributed by atoms with Gasteiger partial charge in [-0.15, -0.1) is 0 Å². The maximum absolute atomic E-state index is 13.3. The van der Waals surface area contributed by atoms with Crippen LogP contribution < -0.4 is 4.74 Å². The highest BCUT2D eigenvalue weighted by Crippen LogP contribution is 2.52. The lowest BCUT2D eigenvalue weighted by Gasteiger charge is -2.37. The number of phenols is 2. The molecule has 0 amide bonds. The molecule has 32 heavy (non-hydrogen) atoms. The van der Waals surface area contributed by atoms with Crippen molar-refractivity contribution in [2.45, 2.75) is 30.6 Å². The van der Waals surface area contributed by atoms with Crippen molar-refractivity contribution in [1.82, 2.24) is 0 Å². The second kappa shape index (κ2) is 6.86. The largest absolute Gasteiger partial charge is 0.507 e. The molecule has 0 aliphatic heterocycles. The average Bonchev–Trinajstić information content (AvgIpc) is 2.72. The minimum Gasteiger partial charge on any atom is -0.507 e. The Morgan fingerprint density at radius 3 is 2.28 bits per heavy atom. The Bertz CT molecular complexity index is 1340. The van der Waals surface area contributed by atoms with Crippen LogP contribution in [0.25, 0.3) is 0 Å². The monoisotopic (exact) mass is 462 g/mol. The zero-order valence-corrected chi connectivity index (χ0v) is 17.7. The summed E-state index contributed by atoms with van der Waals surface area (Å²) < 4.78 is 39.1. The molecule has 4 rings (SSSR count). The molecule has 2 aromatic rings. The van der Waals surface area contributed by atoms with Gasteiger partial charge in [0, 0.05) is 29.5 Å². The van der Waals surface area contributed by atoms with Gasteiger partial charge in [-0.1, -0.05) is 12.1 Å². The number of fused-ring (bicyclic) bond motifs is 3. The predicted molar refractivity (Wildman–Crippen MR) is 108 cm³/mol. The van der Waals surface area contributed by atoms with Crippen LogP contribution in [-0.4, -0.2) is 58.4 Å². The number of aromatic hydroxyl groups is 2. The molecule has 0 aromatic heterocycles. The van der Waals surface area contributed by atoms with Crippen LogP contribution in [0, 0.1) is 0 Å². The molecule has 2 aromatic carbocycles. The summed E-state index contributed by atoms with van der Waals surface area (Å²) in [7, 11) is -3.75. The van der Waals surface area contributed by atoms with Gasteiger partial charge in [0.05, 0.1) is 23.8 Å². The van der Waals surface area contributed by atoms with Crippen molar-refractivity contribution in [2.75, 3.05) is 7.11 Å². The number of phenolic OH excluding ortho intramolecular Hbond substituents is 2. The molecule has 0 saturated heterocycles. The second-order valence-corrected chi connectivity index (χ2v) is 9.45. The number of carbonyl (C=O) groups excluding carboxylic acids is 3. The van der Waals surface area contributed by atoms with Gasteiger partial charge in [-0.2, -0.15) is 8.42 Å². The fraction of sp³-hybridized carbons (Fsp3) is 0.286. The highest BCUT2D eigenvalue weighted by Gasteiger charge is 2.50. The highest BCUT2D eigenvalue weighted by molar-refractivity contribution is 7.86. The summed E-state index contributed by atoms with van der Waals surface area (Å²) in [5, 5.41) is 30.6. The summed E-state index contributed by atoms with van der Waals surface area (Å²) in [6.45, 7) is 0.999. The molecule has 1 unspecified atom stereocenters. The van der Waals surface area contributed by atoms with Crippen LogP contribution >= 0.6 is 0 Å². The van der Waals surface area contributed by atoms with Crippen molar-refractivity contribution in [3.8, 4) is 17.2 Å². The zero-order chi connectivity index (χ0) is 23.7. The van der Waals surface area contributed by atoms with Crippen molar-refractivity contribution in [2.24, 2.45) is 0 Å². The number of hydrogen-bond donors (Lipinski definition) is 4. The van der Waals surface area contributed by atoms with Crippen LogP contribution in [-0.2, 0) is 21.3 Å². The lowest BCUT2D eigenvalue weighted by atomic mass is 9.73. The second-order valence-electron chi connectivity index (χ2n) is 7.85. The number of aliphatic hydroxyl groups is 1. The summed E-state index contributed by atoms with van der Waals surface area (Å²) in [6, 6.07) is 4.19. The van der Waals surface area contributed by atoms with Gasteiger partial charge in [0.15, 0.2) is 11.6 Å². The topological polar surface area (TPSA) is 176 Å². The molecular weight excluding hydrogens is 444 g/mol. The van der Waals surface area contributed by atoms with E-state index < -0.39 is 84.9 Å². The smallest absolute Gasteiger partial charge is 0.272 e. The van der Waals surface area contributed by atoms with Gasteiger partial charge in [-0.3, -0.25) is 18.9 Å². The first-order chi connectivity index (χ1) is 14.8. The van der Waals surface area contributed by atoms with Crippen LogP contribution in [0.1, 0.15) is 61.6 Å². The van der Waals surface area contributed by atoms with Gasteiger partial charge in [-0.05, 0) is 13.0 Å². The number of ketones is 3. The number of benzene rings is 2. The van der Waals surface area contributed by atoms with Crippen LogP contribution in [0.15, 0.2) is 18.2 Å². The van der Waals surface area contributed by atoms with Crippen molar-refractivity contribution in [3.63, 3.8) is 0 Å². The van der Waals surface area contributed by atoms with Gasteiger partial charge < -0.3 is 20.1 Å². The van der Waals surface area contributed by atoms with Crippen molar-refractivity contribution >= 4 is 27.5 Å². The molecule has 0 bridgehead atoms. The van der Waals surface area contributed by atoms with E-state index in [1.54, 1.807) is 0 Å². The Kier molecular flexibility index (Phi) is 4.70. The standard InChI is InChI=1S/C21H18O10S/c1-8(22)21(27)6-10-14(12(7-21)32(28,29)30)20(26)16-15(18(10)24)17(23)9-4-3-5-11(31-2)13(9)19(16)25/h3-5,12,24,26-27H,6-7H2,1-2H3,(H,28,29,30)/t12?,21-/m0/s1. The van der Waals surface area contributed by atoms with Gasteiger partial charge in [0.25, 0.3) is 10.1 Å². The lowest BCUT2D eigenvalue weighted by Crippen LogP contribution is -2.45. The van der Waals surface area contributed by atoms with E-state index in [9.17, 15) is 42.7 Å². The SMILES string of the molecule is COc1cccc2c1C(=O)c1c(O)c3c(c(O)c1C2=O)C[C@@](O)(C(C)=O)CC3S(=O)(=O)O. The maximum Gasteiger partial charge on any atom is 0.272 e. The maximum atomic E-state index is 13.3. The van der Waals surface area contributed by atoms with Gasteiger partial charge in [0.2, 0.25) is 5.78 Å². The van der Waals surface area contributed by atoms with Crippen LogP contribution in [0.2, 0.25) is 0 Å². The highest BCUT2D eigenvalue weighted by atomic mass is 32.2. The number of carbonyl (C=O) groups is 3. The summed E-state index contributed by atoms with van der Waals surface area (Å²) in [4.78, 5) is 38.5.